The van der Waals surface area contributed by atoms with Gasteiger partial charge < -0.3 is 9.84 Å². The molecule has 2 heterocycles. The van der Waals surface area contributed by atoms with E-state index in [1.54, 1.807) is 5.41 Å². The summed E-state index contributed by atoms with van der Waals surface area (Å²) in [5.74, 6) is -0.805. The number of nitrogens with zero attached hydrogens (tertiary/aromatic N) is 2. The number of amides is 1. The quantitative estimate of drug-likeness (QED) is 0.214. The van der Waals surface area contributed by atoms with Crippen molar-refractivity contribution in [3.05, 3.63) is 51.0 Å². The average Bonchev–Trinajstić information content (AvgIpc) is 3.07. The molecule has 0 radical (unpaired) electrons. The second kappa shape index (κ2) is 7.84. The summed E-state index contributed by atoms with van der Waals surface area (Å²) in [4.78, 5) is 36.6. The predicted octanol–water partition coefficient (Wildman–Crippen LogP) is 2.94. The molecule has 150 valence electrons. The van der Waals surface area contributed by atoms with Gasteiger partial charge >= 0.3 is 5.97 Å². The van der Waals surface area contributed by atoms with Gasteiger partial charge in [-0.1, -0.05) is 29.8 Å². The molecule has 0 saturated carbocycles. The van der Waals surface area contributed by atoms with Crippen molar-refractivity contribution in [2.75, 3.05) is 0 Å². The molecule has 0 aromatic heterocycles. The van der Waals surface area contributed by atoms with Gasteiger partial charge in [0.2, 0.25) is 0 Å². The molecule has 3 atom stereocenters. The standard InChI is InChI=1S/C18H19BrN2O6S/c1-10(2)7-14(22)18(19)16(24)20-13(9-28-17(18)20)15(23)27-8-11-3-5-12(6-4-11)21(25)26/h3-6,9-10,14,17,22H,7-8H2,1-2H3/t14?,17-,18?/m1/s1. The fraction of sp³-hybridized carbons (Fsp3) is 0.444. The number of carbonyl (C=O) groups is 2. The molecule has 1 N–H and O–H groups in total. The SMILES string of the molecule is CC(C)CC(O)C1(Br)C(=O)N2C(C(=O)OCc3ccc([N+](=O)[O-])cc3)=CS[C@@H]21. The van der Waals surface area contributed by atoms with Crippen molar-refractivity contribution in [3.63, 3.8) is 0 Å². The number of β-lactam (4-membered cyclic amide) rings is 1. The van der Waals surface area contributed by atoms with Crippen LogP contribution in [0, 0.1) is 16.0 Å². The topological polar surface area (TPSA) is 110 Å². The van der Waals surface area contributed by atoms with Crippen LogP contribution < -0.4 is 0 Å². The first kappa shape index (κ1) is 20.8. The zero-order valence-corrected chi connectivity index (χ0v) is 17.6. The lowest BCUT2D eigenvalue weighted by Gasteiger charge is -2.51. The average molecular weight is 471 g/mol. The molecule has 3 rings (SSSR count). The zero-order valence-electron chi connectivity index (χ0n) is 15.2. The third-order valence-electron chi connectivity index (χ3n) is 4.61. The van der Waals surface area contributed by atoms with Gasteiger partial charge in [-0.05, 0) is 30.0 Å². The van der Waals surface area contributed by atoms with E-state index >= 15 is 0 Å². The first-order valence-corrected chi connectivity index (χ1v) is 10.4. The number of nitro benzene ring substituents is 1. The van der Waals surface area contributed by atoms with Crippen molar-refractivity contribution in [2.24, 2.45) is 5.92 Å². The number of esters is 1. The lowest BCUT2D eigenvalue weighted by atomic mass is 9.86. The van der Waals surface area contributed by atoms with Crippen molar-refractivity contribution in [3.8, 4) is 0 Å². The van der Waals surface area contributed by atoms with Crippen LogP contribution in [0.1, 0.15) is 25.8 Å². The number of alkyl halides is 1. The number of ether oxygens (including phenoxy) is 1. The summed E-state index contributed by atoms with van der Waals surface area (Å²) in [6.45, 7) is 3.85. The van der Waals surface area contributed by atoms with E-state index in [9.17, 15) is 24.8 Å². The molecule has 2 aliphatic heterocycles. The van der Waals surface area contributed by atoms with E-state index in [4.69, 9.17) is 4.74 Å². The lowest BCUT2D eigenvalue weighted by Crippen LogP contribution is -2.72. The van der Waals surface area contributed by atoms with Crippen LogP contribution >= 0.6 is 27.7 Å². The minimum atomic E-state index is -1.11. The fourth-order valence-corrected chi connectivity index (χ4v) is 5.27. The van der Waals surface area contributed by atoms with Crippen molar-refractivity contribution in [1.29, 1.82) is 0 Å². The predicted molar refractivity (Wildman–Crippen MR) is 106 cm³/mol. The highest BCUT2D eigenvalue weighted by Gasteiger charge is 2.67. The second-order valence-electron chi connectivity index (χ2n) is 7.08. The highest BCUT2D eigenvalue weighted by Crippen LogP contribution is 2.54. The number of rotatable bonds is 7. The molecule has 1 fully saturated rings. The lowest BCUT2D eigenvalue weighted by molar-refractivity contribution is -0.384. The van der Waals surface area contributed by atoms with Gasteiger partial charge in [0, 0.05) is 17.5 Å². The van der Waals surface area contributed by atoms with Crippen molar-refractivity contribution in [2.45, 2.75) is 42.7 Å². The van der Waals surface area contributed by atoms with E-state index in [2.05, 4.69) is 15.9 Å². The number of fused-ring (bicyclic) bond motifs is 1. The van der Waals surface area contributed by atoms with Gasteiger partial charge in [0.25, 0.3) is 11.6 Å². The first-order valence-electron chi connectivity index (χ1n) is 8.63. The number of aliphatic hydroxyl groups excluding tert-OH is 1. The van der Waals surface area contributed by atoms with Crippen LogP contribution in [0.5, 0.6) is 0 Å². The second-order valence-corrected chi connectivity index (χ2v) is 9.35. The minimum absolute atomic E-state index is 0.0485. The van der Waals surface area contributed by atoms with Gasteiger partial charge in [0.1, 0.15) is 17.7 Å². The van der Waals surface area contributed by atoms with Gasteiger partial charge in [-0.15, -0.1) is 11.8 Å². The Kier molecular flexibility index (Phi) is 5.83. The van der Waals surface area contributed by atoms with Crippen LogP contribution in [0.4, 0.5) is 5.69 Å². The Morgan fingerprint density at radius 2 is 2.07 bits per heavy atom. The van der Waals surface area contributed by atoms with Crippen molar-refractivity contribution in [1.82, 2.24) is 4.90 Å². The Hall–Kier alpha value is -1.91. The molecular weight excluding hydrogens is 452 g/mol. The van der Waals surface area contributed by atoms with Crippen LogP contribution in [0.2, 0.25) is 0 Å². The van der Waals surface area contributed by atoms with Crippen LogP contribution in [-0.2, 0) is 20.9 Å². The Bertz CT molecular complexity index is 843. The van der Waals surface area contributed by atoms with E-state index in [1.165, 1.54) is 40.9 Å². The van der Waals surface area contributed by atoms with Gasteiger partial charge in [0.15, 0.2) is 4.32 Å². The maximum Gasteiger partial charge on any atom is 0.355 e. The van der Waals surface area contributed by atoms with E-state index in [0.717, 1.165) is 0 Å². The smallest absolute Gasteiger partial charge is 0.355 e. The molecule has 0 aliphatic carbocycles. The molecular formula is C18H19BrN2O6S. The number of benzene rings is 1. The van der Waals surface area contributed by atoms with Crippen molar-refractivity contribution < 1.29 is 24.4 Å². The minimum Gasteiger partial charge on any atom is -0.456 e. The molecule has 2 unspecified atom stereocenters. The zero-order chi connectivity index (χ0) is 20.6. The Balaban J connectivity index is 1.61. The molecule has 10 heteroatoms. The Labute approximate surface area is 174 Å². The van der Waals surface area contributed by atoms with Gasteiger partial charge in [-0.25, -0.2) is 4.79 Å². The van der Waals surface area contributed by atoms with Crippen LogP contribution in [-0.4, -0.2) is 42.6 Å². The van der Waals surface area contributed by atoms with E-state index in [0.29, 0.717) is 12.0 Å². The number of thioether (sulfide) groups is 1. The maximum atomic E-state index is 12.7. The van der Waals surface area contributed by atoms with Gasteiger partial charge in [-0.3, -0.25) is 19.8 Å². The largest absolute Gasteiger partial charge is 0.456 e. The molecule has 8 nitrogen and oxygen atoms in total. The summed E-state index contributed by atoms with van der Waals surface area (Å²) in [5.41, 5.74) is 0.681. The third-order valence-corrected chi connectivity index (χ3v) is 7.42. The van der Waals surface area contributed by atoms with E-state index < -0.39 is 26.7 Å². The molecule has 28 heavy (non-hydrogen) atoms. The summed E-state index contributed by atoms with van der Waals surface area (Å²) >= 11 is 4.68. The third kappa shape index (κ3) is 3.56. The number of halogens is 1. The van der Waals surface area contributed by atoms with Crippen LogP contribution in [0.3, 0.4) is 0 Å². The highest BCUT2D eigenvalue weighted by atomic mass is 79.9. The number of carbonyl (C=O) groups excluding carboxylic acids is 2. The number of hydrogen-bond acceptors (Lipinski definition) is 7. The normalized spacial score (nSPS) is 24.5. The monoisotopic (exact) mass is 470 g/mol. The highest BCUT2D eigenvalue weighted by molar-refractivity contribution is 9.10. The molecule has 1 aromatic rings. The molecule has 2 aliphatic rings. The summed E-state index contributed by atoms with van der Waals surface area (Å²) in [7, 11) is 0. The molecule has 0 bridgehead atoms. The molecule has 1 aromatic carbocycles. The Morgan fingerprint density at radius 1 is 1.43 bits per heavy atom. The maximum absolute atomic E-state index is 12.7. The number of hydrogen-bond donors (Lipinski definition) is 1. The van der Waals surface area contributed by atoms with Crippen LogP contribution in [0.25, 0.3) is 0 Å². The van der Waals surface area contributed by atoms with Gasteiger partial charge in [-0.2, -0.15) is 0 Å². The summed E-state index contributed by atoms with van der Waals surface area (Å²) < 4.78 is 4.13. The Morgan fingerprint density at radius 3 is 2.64 bits per heavy atom. The fourth-order valence-electron chi connectivity index (χ4n) is 3.11. The summed E-state index contributed by atoms with van der Waals surface area (Å²) in [6.07, 6.45) is -0.403. The number of aliphatic hydroxyl groups is 1. The summed E-state index contributed by atoms with van der Waals surface area (Å²) in [6, 6.07) is 5.68. The first-order chi connectivity index (χ1) is 13.2. The number of nitro groups is 1. The number of non-ortho nitro benzene ring substituents is 1. The van der Waals surface area contributed by atoms with Gasteiger partial charge in [0.05, 0.1) is 11.0 Å². The van der Waals surface area contributed by atoms with E-state index in [1.807, 2.05) is 13.8 Å². The van der Waals surface area contributed by atoms with Crippen molar-refractivity contribution >= 4 is 45.3 Å². The molecule has 0 spiro atoms. The van der Waals surface area contributed by atoms with Crippen LogP contribution in [0.15, 0.2) is 35.4 Å². The summed E-state index contributed by atoms with van der Waals surface area (Å²) in [5, 5.41) is 22.3. The molecule has 1 saturated heterocycles. The molecule has 1 amide bonds. The van der Waals surface area contributed by atoms with E-state index in [-0.39, 0.29) is 29.8 Å².